The van der Waals surface area contributed by atoms with Crippen molar-refractivity contribution in [3.63, 3.8) is 0 Å². The lowest BCUT2D eigenvalue weighted by Crippen LogP contribution is -2.30. The van der Waals surface area contributed by atoms with Crippen LogP contribution in [0.25, 0.3) is 0 Å². The number of esters is 3. The van der Waals surface area contributed by atoms with Gasteiger partial charge >= 0.3 is 17.9 Å². The first kappa shape index (κ1) is 71.6. The van der Waals surface area contributed by atoms with Gasteiger partial charge in [0.1, 0.15) is 13.2 Å². The first-order valence-electron chi connectivity index (χ1n) is 32.1. The Morgan fingerprint density at radius 1 is 0.280 bits per heavy atom. The topological polar surface area (TPSA) is 78.9 Å². The molecule has 0 aromatic carbocycles. The molecule has 0 saturated carbocycles. The molecule has 0 amide bonds. The van der Waals surface area contributed by atoms with E-state index in [9.17, 15) is 14.4 Å². The van der Waals surface area contributed by atoms with E-state index in [2.05, 4.69) is 106 Å². The molecule has 0 aromatic heterocycles. The second kappa shape index (κ2) is 63.1. The van der Waals surface area contributed by atoms with Crippen LogP contribution in [-0.2, 0) is 28.6 Å². The molecule has 75 heavy (non-hydrogen) atoms. The van der Waals surface area contributed by atoms with Gasteiger partial charge in [0.25, 0.3) is 0 Å². The van der Waals surface area contributed by atoms with Gasteiger partial charge in [0.2, 0.25) is 0 Å². The smallest absolute Gasteiger partial charge is 0.306 e. The zero-order chi connectivity index (χ0) is 54.3. The van der Waals surface area contributed by atoms with Crippen molar-refractivity contribution in [3.05, 3.63) is 85.1 Å². The van der Waals surface area contributed by atoms with Crippen molar-refractivity contribution in [1.82, 2.24) is 0 Å². The molecular weight excluding hydrogens is 925 g/mol. The fraction of sp³-hybridized carbons (Fsp3) is 0.754. The SMILES string of the molecule is CC/C=C\C/C=C\C/C=C\C/C=C\C/C=C\CCCCCCCCCCCC(=O)OCC(COC(=O)CCCCCCCCC)OC(=O)CCCCCCCCCCCCCCC/C=C\C/C=C\CCCCCCC. The Morgan fingerprint density at radius 2 is 0.520 bits per heavy atom. The Balaban J connectivity index is 4.14. The maximum absolute atomic E-state index is 12.9. The van der Waals surface area contributed by atoms with Crippen LogP contribution in [0.3, 0.4) is 0 Å². The molecule has 432 valence electrons. The van der Waals surface area contributed by atoms with Crippen LogP contribution in [0.1, 0.15) is 316 Å². The van der Waals surface area contributed by atoms with Crippen LogP contribution in [0, 0.1) is 0 Å². The molecule has 0 aliphatic rings. The van der Waals surface area contributed by atoms with Gasteiger partial charge in [-0.15, -0.1) is 0 Å². The fourth-order valence-electron chi connectivity index (χ4n) is 9.09. The van der Waals surface area contributed by atoms with Crippen LogP contribution >= 0.6 is 0 Å². The quantitative estimate of drug-likeness (QED) is 0.0261. The van der Waals surface area contributed by atoms with E-state index in [0.29, 0.717) is 19.3 Å². The number of carbonyl (C=O) groups excluding carboxylic acids is 3. The Hall–Kier alpha value is -3.41. The molecule has 0 radical (unpaired) electrons. The Kier molecular flexibility index (Phi) is 60.3. The summed E-state index contributed by atoms with van der Waals surface area (Å²) in [5, 5.41) is 0. The lowest BCUT2D eigenvalue weighted by molar-refractivity contribution is -0.167. The summed E-state index contributed by atoms with van der Waals surface area (Å²) in [6, 6.07) is 0. The van der Waals surface area contributed by atoms with Crippen molar-refractivity contribution < 1.29 is 28.6 Å². The van der Waals surface area contributed by atoms with E-state index >= 15 is 0 Å². The summed E-state index contributed by atoms with van der Waals surface area (Å²) >= 11 is 0. The van der Waals surface area contributed by atoms with E-state index in [4.69, 9.17) is 14.2 Å². The Bertz CT molecular complexity index is 1430. The van der Waals surface area contributed by atoms with Crippen LogP contribution in [0.5, 0.6) is 0 Å². The minimum atomic E-state index is -0.777. The second-order valence-electron chi connectivity index (χ2n) is 21.3. The van der Waals surface area contributed by atoms with Gasteiger partial charge < -0.3 is 14.2 Å². The molecule has 0 aliphatic carbocycles. The van der Waals surface area contributed by atoms with E-state index < -0.39 is 6.10 Å². The van der Waals surface area contributed by atoms with Gasteiger partial charge in [0, 0.05) is 19.3 Å². The summed E-state index contributed by atoms with van der Waals surface area (Å²) in [4.78, 5) is 38.1. The first-order valence-corrected chi connectivity index (χ1v) is 32.1. The molecule has 0 bridgehead atoms. The van der Waals surface area contributed by atoms with Crippen molar-refractivity contribution >= 4 is 17.9 Å². The van der Waals surface area contributed by atoms with Crippen molar-refractivity contribution in [3.8, 4) is 0 Å². The number of unbranched alkanes of at least 4 members (excludes halogenated alkanes) is 33. The Morgan fingerprint density at radius 3 is 0.813 bits per heavy atom. The molecule has 6 nitrogen and oxygen atoms in total. The molecule has 0 saturated heterocycles. The fourth-order valence-corrected chi connectivity index (χ4v) is 9.09. The van der Waals surface area contributed by atoms with Crippen molar-refractivity contribution in [2.24, 2.45) is 0 Å². The molecule has 0 rings (SSSR count). The third kappa shape index (κ3) is 61.3. The van der Waals surface area contributed by atoms with E-state index in [0.717, 1.165) is 103 Å². The monoisotopic (exact) mass is 1040 g/mol. The molecule has 0 aromatic rings. The highest BCUT2D eigenvalue weighted by atomic mass is 16.6. The lowest BCUT2D eigenvalue weighted by atomic mass is 10.0. The average molecular weight is 1050 g/mol. The highest BCUT2D eigenvalue weighted by molar-refractivity contribution is 5.71. The Labute approximate surface area is 465 Å². The molecule has 0 N–H and O–H groups in total. The molecule has 1 unspecified atom stereocenters. The van der Waals surface area contributed by atoms with Gasteiger partial charge in [0.05, 0.1) is 0 Å². The summed E-state index contributed by atoms with van der Waals surface area (Å²) in [5.74, 6) is -0.879. The number of hydrogen-bond donors (Lipinski definition) is 0. The van der Waals surface area contributed by atoms with Crippen LogP contribution in [0.15, 0.2) is 85.1 Å². The molecule has 0 aliphatic heterocycles. The molecule has 0 spiro atoms. The lowest BCUT2D eigenvalue weighted by Gasteiger charge is -2.18. The van der Waals surface area contributed by atoms with Gasteiger partial charge in [-0.2, -0.15) is 0 Å². The minimum Gasteiger partial charge on any atom is -0.462 e. The molecule has 0 fully saturated rings. The molecule has 1 atom stereocenters. The van der Waals surface area contributed by atoms with Crippen LogP contribution in [0.2, 0.25) is 0 Å². The second-order valence-corrected chi connectivity index (χ2v) is 21.3. The van der Waals surface area contributed by atoms with Gasteiger partial charge in [-0.25, -0.2) is 0 Å². The van der Waals surface area contributed by atoms with Crippen LogP contribution in [0.4, 0.5) is 0 Å². The molecular formula is C69H120O6. The third-order valence-corrected chi connectivity index (χ3v) is 13.9. The summed E-state index contributed by atoms with van der Waals surface area (Å²) in [7, 11) is 0. The molecule has 6 heteroatoms. The first-order chi connectivity index (χ1) is 37.0. The van der Waals surface area contributed by atoms with Crippen LogP contribution in [-0.4, -0.2) is 37.2 Å². The van der Waals surface area contributed by atoms with Gasteiger partial charge in [-0.1, -0.05) is 286 Å². The van der Waals surface area contributed by atoms with Gasteiger partial charge in [-0.3, -0.25) is 14.4 Å². The standard InChI is InChI=1S/C69H120O6/c1-4-7-10-13-16-18-20-22-24-26-28-30-32-34-36-38-40-42-44-46-48-50-53-56-59-62-68(71)74-65-66(64-73-67(70)61-58-55-52-15-12-9-6-3)75-69(72)63-60-57-54-51-49-47-45-43-41-39-37-35-33-31-29-27-25-23-21-19-17-14-11-8-5-2/h7,10,16,18,21-24,27-30,34,36,66H,4-6,8-9,11-15,17,19-20,25-26,31-33,35,37-65H2,1-3H3/b10-7-,18-16-,23-21-,24-22-,29-27-,30-28-,36-34-. The predicted molar refractivity (Wildman–Crippen MR) is 325 cm³/mol. The highest BCUT2D eigenvalue weighted by Gasteiger charge is 2.19. The van der Waals surface area contributed by atoms with E-state index in [1.165, 1.54) is 173 Å². The average Bonchev–Trinajstić information content (AvgIpc) is 3.41. The number of carbonyl (C=O) groups is 3. The van der Waals surface area contributed by atoms with Crippen molar-refractivity contribution in [2.75, 3.05) is 13.2 Å². The maximum atomic E-state index is 12.9. The van der Waals surface area contributed by atoms with Gasteiger partial charge in [-0.05, 0) is 96.3 Å². The van der Waals surface area contributed by atoms with E-state index in [1.807, 2.05) is 0 Å². The van der Waals surface area contributed by atoms with Crippen molar-refractivity contribution in [1.29, 1.82) is 0 Å². The third-order valence-electron chi connectivity index (χ3n) is 13.9. The highest BCUT2D eigenvalue weighted by Crippen LogP contribution is 2.16. The number of rotatable bonds is 58. The van der Waals surface area contributed by atoms with E-state index in [-0.39, 0.29) is 31.1 Å². The zero-order valence-corrected chi connectivity index (χ0v) is 49.6. The zero-order valence-electron chi connectivity index (χ0n) is 49.6. The number of ether oxygens (including phenoxy) is 3. The summed E-state index contributed by atoms with van der Waals surface area (Å²) in [6.45, 7) is 6.50. The minimum absolute atomic E-state index is 0.0764. The predicted octanol–water partition coefficient (Wildman–Crippen LogP) is 21.9. The number of allylic oxidation sites excluding steroid dienone is 14. The van der Waals surface area contributed by atoms with Gasteiger partial charge in [0.15, 0.2) is 6.10 Å². The number of hydrogen-bond acceptors (Lipinski definition) is 6. The summed E-state index contributed by atoms with van der Waals surface area (Å²) in [6.07, 6.45) is 83.3. The molecule has 0 heterocycles. The van der Waals surface area contributed by atoms with Crippen molar-refractivity contribution in [2.45, 2.75) is 322 Å². The van der Waals surface area contributed by atoms with Crippen LogP contribution < -0.4 is 0 Å². The maximum Gasteiger partial charge on any atom is 0.306 e. The van der Waals surface area contributed by atoms with E-state index in [1.54, 1.807) is 0 Å². The largest absolute Gasteiger partial charge is 0.462 e. The summed E-state index contributed by atoms with van der Waals surface area (Å²) in [5.41, 5.74) is 0. The summed E-state index contributed by atoms with van der Waals surface area (Å²) < 4.78 is 16.8. The normalized spacial score (nSPS) is 12.6.